The molecule has 0 fully saturated rings. The van der Waals surface area contributed by atoms with E-state index in [0.29, 0.717) is 27.9 Å². The monoisotopic (exact) mass is 457 g/mol. The van der Waals surface area contributed by atoms with Gasteiger partial charge in [0.2, 0.25) is 0 Å². The van der Waals surface area contributed by atoms with E-state index < -0.39 is 11.4 Å². The number of H-pyrrole nitrogens is 1. The Morgan fingerprint density at radius 2 is 1.97 bits per heavy atom. The summed E-state index contributed by atoms with van der Waals surface area (Å²) in [4.78, 5) is 21.0. The van der Waals surface area contributed by atoms with Gasteiger partial charge in [0, 0.05) is 17.7 Å². The summed E-state index contributed by atoms with van der Waals surface area (Å²) in [7, 11) is 0. The first kappa shape index (κ1) is 22.8. The first-order chi connectivity index (χ1) is 16.1. The van der Waals surface area contributed by atoms with Crippen LogP contribution in [0.15, 0.2) is 53.6 Å². The number of hydrogen-bond acceptors (Lipinski definition) is 4. The number of aryl methyl sites for hydroxylation is 1. The molecule has 0 amide bonds. The van der Waals surface area contributed by atoms with Crippen LogP contribution in [0.3, 0.4) is 0 Å². The van der Waals surface area contributed by atoms with Crippen LogP contribution in [0.2, 0.25) is 0 Å². The molecule has 3 heterocycles. The van der Waals surface area contributed by atoms with Crippen molar-refractivity contribution in [1.29, 1.82) is 0 Å². The minimum Gasteiger partial charge on any atom is -0.396 e. The highest BCUT2D eigenvalue weighted by atomic mass is 19.1. The van der Waals surface area contributed by atoms with E-state index in [0.717, 1.165) is 5.56 Å². The van der Waals surface area contributed by atoms with Gasteiger partial charge in [-0.3, -0.25) is 10.2 Å². The van der Waals surface area contributed by atoms with Crippen molar-refractivity contribution in [1.82, 2.24) is 9.97 Å². The van der Waals surface area contributed by atoms with Crippen molar-refractivity contribution in [2.45, 2.75) is 26.4 Å². The molecule has 0 saturated carbocycles. The Bertz CT molecular complexity index is 1560. The van der Waals surface area contributed by atoms with Crippen LogP contribution in [0.4, 0.5) is 10.1 Å². The van der Waals surface area contributed by atoms with E-state index in [9.17, 15) is 14.3 Å². The molecule has 0 atom stereocenters. The zero-order chi connectivity index (χ0) is 24.6. The molecule has 7 nitrogen and oxygen atoms in total. The third-order valence-corrected chi connectivity index (χ3v) is 5.28. The number of nitrogen functional groups attached to an aromatic ring is 1. The number of benzene rings is 1. The average Bonchev–Trinajstić information content (AvgIpc) is 2.79. The molecule has 4 rings (SSSR count). The Morgan fingerprint density at radius 1 is 1.26 bits per heavy atom. The van der Waals surface area contributed by atoms with E-state index in [1.807, 2.05) is 13.0 Å². The summed E-state index contributed by atoms with van der Waals surface area (Å²) in [5.74, 6) is 5.07. The summed E-state index contributed by atoms with van der Waals surface area (Å²) in [6.07, 6.45) is 4.66. The molecule has 3 aromatic heterocycles. The molecule has 0 unspecified atom stereocenters. The highest BCUT2D eigenvalue weighted by Gasteiger charge is 2.27. The van der Waals surface area contributed by atoms with Crippen molar-refractivity contribution in [2.24, 2.45) is 0 Å². The Balaban J connectivity index is 2.21. The standard InChI is InChI=1S/C26H22FN5O2/c1-15-13-20-23(30-19(15)9-10-26(2,3)34)21(16-7-8-18(27)22(29)17(16)14-28)24(25(33)31-20)32-11-5-4-6-12-32/h4-8,11-14,34H,1-3H3,(H3-,28,29,31,33)/p+2. The Hall–Kier alpha value is -4.35. The summed E-state index contributed by atoms with van der Waals surface area (Å²) < 4.78 is 15.9. The van der Waals surface area contributed by atoms with Gasteiger partial charge in [0.15, 0.2) is 18.6 Å². The van der Waals surface area contributed by atoms with Gasteiger partial charge in [-0.25, -0.2) is 9.37 Å². The summed E-state index contributed by atoms with van der Waals surface area (Å²) in [6.45, 7) is 4.97. The highest BCUT2D eigenvalue weighted by molar-refractivity contribution is 6.03. The van der Waals surface area contributed by atoms with Crippen molar-refractivity contribution < 1.29 is 19.5 Å². The fraction of sp³-hybridized carbons (Fsp3) is 0.154. The molecule has 0 radical (unpaired) electrons. The number of aliphatic hydroxyl groups is 1. The minimum atomic E-state index is -1.21. The van der Waals surface area contributed by atoms with Crippen LogP contribution in [0, 0.1) is 24.6 Å². The molecule has 0 aliphatic rings. The molecule has 8 heteroatoms. The first-order valence-corrected chi connectivity index (χ1v) is 10.5. The van der Waals surface area contributed by atoms with Crippen molar-refractivity contribution in [2.75, 3.05) is 5.73 Å². The lowest BCUT2D eigenvalue weighted by molar-refractivity contribution is -0.596. The van der Waals surface area contributed by atoms with Crippen molar-refractivity contribution >= 4 is 22.9 Å². The van der Waals surface area contributed by atoms with Crippen molar-refractivity contribution in [3.63, 3.8) is 0 Å². The predicted molar refractivity (Wildman–Crippen MR) is 129 cm³/mol. The summed E-state index contributed by atoms with van der Waals surface area (Å²) in [6, 6.07) is 9.91. The molecular formula is C26H24FN5O2+2. The first-order valence-electron chi connectivity index (χ1n) is 10.5. The van der Waals surface area contributed by atoms with Gasteiger partial charge in [0.05, 0.1) is 22.3 Å². The number of aromatic nitrogens is 3. The number of nitrogens with two attached hydrogens (primary N) is 2. The molecule has 4 aromatic rings. The van der Waals surface area contributed by atoms with Gasteiger partial charge >= 0.3 is 5.56 Å². The summed E-state index contributed by atoms with van der Waals surface area (Å²) in [5, 5.41) is 15.9. The number of hydrogen-bond donors (Lipinski definition) is 4. The van der Waals surface area contributed by atoms with E-state index in [4.69, 9.17) is 16.1 Å². The molecule has 0 bridgehead atoms. The lowest BCUT2D eigenvalue weighted by Crippen LogP contribution is -2.38. The molecule has 170 valence electrons. The maximum absolute atomic E-state index is 14.3. The molecular weight excluding hydrogens is 433 g/mol. The number of nitrogens with zero attached hydrogens (tertiary/aromatic N) is 2. The smallest absolute Gasteiger partial charge is 0.321 e. The minimum absolute atomic E-state index is 0.133. The van der Waals surface area contributed by atoms with E-state index in [1.54, 1.807) is 49.0 Å². The molecule has 1 aromatic carbocycles. The van der Waals surface area contributed by atoms with E-state index in [1.165, 1.54) is 18.3 Å². The molecule has 0 aliphatic heterocycles. The molecule has 6 N–H and O–H groups in total. The van der Waals surface area contributed by atoms with Crippen LogP contribution < -0.4 is 21.3 Å². The van der Waals surface area contributed by atoms with Gasteiger partial charge < -0.3 is 15.8 Å². The van der Waals surface area contributed by atoms with Gasteiger partial charge in [-0.15, -0.1) is 0 Å². The number of rotatable bonds is 3. The highest BCUT2D eigenvalue weighted by Crippen LogP contribution is 2.34. The molecule has 34 heavy (non-hydrogen) atoms. The van der Waals surface area contributed by atoms with Crippen LogP contribution >= 0.6 is 0 Å². The second-order valence-electron chi connectivity index (χ2n) is 8.41. The molecule has 0 saturated heterocycles. The third kappa shape index (κ3) is 4.17. The predicted octanol–water partition coefficient (Wildman–Crippen LogP) is 1.20. The van der Waals surface area contributed by atoms with Crippen molar-refractivity contribution in [3.8, 4) is 28.7 Å². The van der Waals surface area contributed by atoms with Crippen LogP contribution in [0.5, 0.6) is 0 Å². The van der Waals surface area contributed by atoms with Crippen LogP contribution in [0.1, 0.15) is 30.7 Å². The molecule has 0 aliphatic carbocycles. The fourth-order valence-corrected chi connectivity index (χ4v) is 3.70. The SMILES string of the molecule is Cc1cc2[nH]c(=O)c(-[n+]3ccccc3)c(-c3ccc(F)c(N)c3C=[NH2+])c2nc1C#CC(C)(C)O. The van der Waals surface area contributed by atoms with Crippen molar-refractivity contribution in [3.05, 3.63) is 81.8 Å². The number of aromatic amines is 1. The Kier molecular flexibility index (Phi) is 5.73. The largest absolute Gasteiger partial charge is 0.396 e. The molecule has 0 spiro atoms. The number of pyridine rings is 3. The summed E-state index contributed by atoms with van der Waals surface area (Å²) in [5.41, 5.74) is 7.70. The van der Waals surface area contributed by atoms with Crippen LogP contribution in [-0.4, -0.2) is 26.9 Å². The topological polar surface area (TPSA) is 121 Å². The average molecular weight is 458 g/mol. The van der Waals surface area contributed by atoms with Gasteiger partial charge in [0.25, 0.3) is 5.69 Å². The Labute approximate surface area is 195 Å². The zero-order valence-corrected chi connectivity index (χ0v) is 19.0. The Morgan fingerprint density at radius 3 is 2.62 bits per heavy atom. The van der Waals surface area contributed by atoms with Gasteiger partial charge in [0.1, 0.15) is 22.6 Å². The lowest BCUT2D eigenvalue weighted by Gasteiger charge is -2.13. The third-order valence-electron chi connectivity index (χ3n) is 5.28. The second kappa shape index (κ2) is 8.54. The van der Waals surface area contributed by atoms with Gasteiger partial charge in [-0.1, -0.05) is 18.1 Å². The van der Waals surface area contributed by atoms with Gasteiger partial charge in [-0.2, -0.15) is 4.57 Å². The zero-order valence-electron chi connectivity index (χ0n) is 19.0. The summed E-state index contributed by atoms with van der Waals surface area (Å²) >= 11 is 0. The number of nitrogens with one attached hydrogen (secondary N) is 1. The maximum atomic E-state index is 14.3. The number of anilines is 1. The van der Waals surface area contributed by atoms with Crippen LogP contribution in [-0.2, 0) is 0 Å². The van der Waals surface area contributed by atoms with E-state index in [-0.39, 0.29) is 22.5 Å². The van der Waals surface area contributed by atoms with Crippen LogP contribution in [0.25, 0.3) is 27.8 Å². The lowest BCUT2D eigenvalue weighted by atomic mass is 9.95. The van der Waals surface area contributed by atoms with E-state index in [2.05, 4.69) is 16.8 Å². The maximum Gasteiger partial charge on any atom is 0.321 e. The number of halogens is 1. The van der Waals surface area contributed by atoms with E-state index >= 15 is 0 Å². The van der Waals surface area contributed by atoms with Gasteiger partial charge in [-0.05, 0) is 44.4 Å². The normalized spacial score (nSPS) is 11.2. The number of fused-ring (bicyclic) bond motifs is 1. The second-order valence-corrected chi connectivity index (χ2v) is 8.41. The fourth-order valence-electron chi connectivity index (χ4n) is 3.70. The quantitative estimate of drug-likeness (QED) is 0.160.